The molecule has 3 rings (SSSR count). The van der Waals surface area contributed by atoms with Crippen LogP contribution in [0.15, 0.2) is 72.8 Å². The molecule has 3 aromatic carbocycles. The molecule has 0 saturated heterocycles. The van der Waals surface area contributed by atoms with Crippen LogP contribution in [0.25, 0.3) is 11.1 Å². The summed E-state index contributed by atoms with van der Waals surface area (Å²) in [5.74, 6) is -0.322. The van der Waals surface area contributed by atoms with Crippen molar-refractivity contribution in [1.29, 1.82) is 5.41 Å². The summed E-state index contributed by atoms with van der Waals surface area (Å²) >= 11 is 0. The Kier molecular flexibility index (Phi) is 4.99. The number of ether oxygens (including phenoxy) is 1. The van der Waals surface area contributed by atoms with Gasteiger partial charge in [-0.15, -0.1) is 0 Å². The van der Waals surface area contributed by atoms with E-state index in [9.17, 15) is 9.90 Å². The zero-order valence-corrected chi connectivity index (χ0v) is 14.0. The van der Waals surface area contributed by atoms with E-state index >= 15 is 0 Å². The van der Waals surface area contributed by atoms with Crippen molar-refractivity contribution in [3.8, 4) is 16.9 Å². The van der Waals surface area contributed by atoms with Gasteiger partial charge in [-0.2, -0.15) is 0 Å². The highest BCUT2D eigenvalue weighted by Gasteiger charge is 2.10. The van der Waals surface area contributed by atoms with Crippen LogP contribution in [0.4, 0.5) is 0 Å². The van der Waals surface area contributed by atoms with Crippen LogP contribution in [0.1, 0.15) is 21.5 Å². The van der Waals surface area contributed by atoms with Crippen molar-refractivity contribution < 1.29 is 14.6 Å². The van der Waals surface area contributed by atoms with Gasteiger partial charge in [-0.25, -0.2) is 4.79 Å². The molecule has 3 aromatic rings. The highest BCUT2D eigenvalue weighted by Crippen LogP contribution is 2.24. The number of carboxylic acid groups (broad SMARTS) is 1. The van der Waals surface area contributed by atoms with E-state index in [1.54, 1.807) is 30.3 Å². The maximum atomic E-state index is 11.5. The van der Waals surface area contributed by atoms with Crippen LogP contribution < -0.4 is 10.5 Å². The zero-order valence-electron chi connectivity index (χ0n) is 14.0. The summed E-state index contributed by atoms with van der Waals surface area (Å²) in [5.41, 5.74) is 8.60. The van der Waals surface area contributed by atoms with Gasteiger partial charge < -0.3 is 15.6 Å². The molecule has 0 unspecified atom stereocenters. The molecule has 0 spiro atoms. The van der Waals surface area contributed by atoms with Crippen molar-refractivity contribution in [3.05, 3.63) is 89.5 Å². The van der Waals surface area contributed by atoms with E-state index in [0.29, 0.717) is 11.3 Å². The first kappa shape index (κ1) is 17.2. The zero-order chi connectivity index (χ0) is 18.5. The fourth-order valence-electron chi connectivity index (χ4n) is 2.62. The third-order valence-corrected chi connectivity index (χ3v) is 3.90. The summed E-state index contributed by atoms with van der Waals surface area (Å²) in [7, 11) is 0. The molecule has 0 amide bonds. The fraction of sp³-hybridized carbons (Fsp3) is 0.0476. The number of benzene rings is 3. The van der Waals surface area contributed by atoms with Crippen LogP contribution in [-0.4, -0.2) is 16.9 Å². The molecule has 0 bridgehead atoms. The van der Waals surface area contributed by atoms with Crippen LogP contribution in [0.2, 0.25) is 0 Å². The van der Waals surface area contributed by atoms with Crippen LogP contribution >= 0.6 is 0 Å². The molecule has 5 nitrogen and oxygen atoms in total. The number of carbonyl (C=O) groups is 1. The second-order valence-electron chi connectivity index (χ2n) is 5.82. The third-order valence-electron chi connectivity index (χ3n) is 3.90. The second kappa shape index (κ2) is 7.53. The molecule has 0 fully saturated rings. The predicted molar refractivity (Wildman–Crippen MR) is 101 cm³/mol. The minimum atomic E-state index is -1.00. The molecule has 0 saturated carbocycles. The number of nitrogens with two attached hydrogens (primary N) is 1. The van der Waals surface area contributed by atoms with Gasteiger partial charge in [0.2, 0.25) is 0 Å². The molecular weight excluding hydrogens is 328 g/mol. The first-order chi connectivity index (χ1) is 12.5. The van der Waals surface area contributed by atoms with Crippen molar-refractivity contribution in [1.82, 2.24) is 0 Å². The van der Waals surface area contributed by atoms with Gasteiger partial charge in [0.05, 0.1) is 5.56 Å². The van der Waals surface area contributed by atoms with Gasteiger partial charge in [0.15, 0.2) is 0 Å². The van der Waals surface area contributed by atoms with Crippen molar-refractivity contribution in [2.45, 2.75) is 6.61 Å². The van der Waals surface area contributed by atoms with Gasteiger partial charge in [0, 0.05) is 5.56 Å². The van der Waals surface area contributed by atoms with E-state index in [0.717, 1.165) is 16.7 Å². The Morgan fingerprint density at radius 2 is 1.65 bits per heavy atom. The van der Waals surface area contributed by atoms with Gasteiger partial charge in [-0.1, -0.05) is 36.4 Å². The predicted octanol–water partition coefficient (Wildman–Crippen LogP) is 3.91. The van der Waals surface area contributed by atoms with Gasteiger partial charge in [-0.3, -0.25) is 5.41 Å². The van der Waals surface area contributed by atoms with Gasteiger partial charge in [0.25, 0.3) is 0 Å². The van der Waals surface area contributed by atoms with E-state index in [4.69, 9.17) is 15.9 Å². The number of amidine groups is 1. The Morgan fingerprint density at radius 3 is 2.35 bits per heavy atom. The topological polar surface area (TPSA) is 96.4 Å². The molecule has 26 heavy (non-hydrogen) atoms. The smallest absolute Gasteiger partial charge is 0.335 e. The maximum Gasteiger partial charge on any atom is 0.335 e. The van der Waals surface area contributed by atoms with Gasteiger partial charge in [-0.05, 0) is 53.1 Å². The number of aromatic carboxylic acids is 1. The average Bonchev–Trinajstić information content (AvgIpc) is 2.67. The van der Waals surface area contributed by atoms with Crippen LogP contribution in [0.3, 0.4) is 0 Å². The van der Waals surface area contributed by atoms with Crippen molar-refractivity contribution in [2.24, 2.45) is 5.73 Å². The lowest BCUT2D eigenvalue weighted by atomic mass is 9.98. The minimum absolute atomic E-state index is 0.0335. The number of nitrogens with one attached hydrogen (secondary N) is 1. The number of rotatable bonds is 6. The van der Waals surface area contributed by atoms with E-state index in [1.165, 1.54) is 0 Å². The van der Waals surface area contributed by atoms with Crippen LogP contribution in [-0.2, 0) is 6.61 Å². The average molecular weight is 346 g/mol. The number of hydrogen-bond donors (Lipinski definition) is 3. The van der Waals surface area contributed by atoms with E-state index in [1.807, 2.05) is 42.5 Å². The SMILES string of the molecule is N=C(N)c1cccc(-c2cc(COc3ccccc3)cc(C(=O)O)c2)c1. The Hall–Kier alpha value is -3.60. The molecule has 0 aliphatic heterocycles. The molecule has 0 aliphatic carbocycles. The molecule has 0 aliphatic rings. The monoisotopic (exact) mass is 346 g/mol. The van der Waals surface area contributed by atoms with Crippen molar-refractivity contribution >= 4 is 11.8 Å². The maximum absolute atomic E-state index is 11.5. The molecule has 0 aromatic heterocycles. The molecule has 0 atom stereocenters. The summed E-state index contributed by atoms with van der Waals surface area (Å²) in [6.07, 6.45) is 0. The summed E-state index contributed by atoms with van der Waals surface area (Å²) < 4.78 is 5.73. The molecule has 4 N–H and O–H groups in total. The minimum Gasteiger partial charge on any atom is -0.489 e. The van der Waals surface area contributed by atoms with E-state index < -0.39 is 5.97 Å². The Bertz CT molecular complexity index is 952. The largest absolute Gasteiger partial charge is 0.489 e. The van der Waals surface area contributed by atoms with Gasteiger partial charge >= 0.3 is 5.97 Å². The number of hydrogen-bond acceptors (Lipinski definition) is 3. The highest BCUT2D eigenvalue weighted by atomic mass is 16.5. The molecule has 5 heteroatoms. The summed E-state index contributed by atoms with van der Waals surface area (Å²) in [6, 6.07) is 21.6. The lowest BCUT2D eigenvalue weighted by molar-refractivity contribution is 0.0696. The van der Waals surface area contributed by atoms with Crippen LogP contribution in [0, 0.1) is 5.41 Å². The summed E-state index contributed by atoms with van der Waals surface area (Å²) in [5, 5.41) is 17.0. The summed E-state index contributed by atoms with van der Waals surface area (Å²) in [4.78, 5) is 11.5. The van der Waals surface area contributed by atoms with E-state index in [-0.39, 0.29) is 18.0 Å². The Labute approximate surface area is 151 Å². The van der Waals surface area contributed by atoms with E-state index in [2.05, 4.69) is 0 Å². The first-order valence-corrected chi connectivity index (χ1v) is 8.03. The van der Waals surface area contributed by atoms with Crippen molar-refractivity contribution in [3.63, 3.8) is 0 Å². The third kappa shape index (κ3) is 4.08. The molecular formula is C21H18N2O3. The van der Waals surface area contributed by atoms with Crippen LogP contribution in [0.5, 0.6) is 5.75 Å². The Morgan fingerprint density at radius 1 is 0.923 bits per heavy atom. The number of nitrogen functional groups attached to an aromatic ring is 1. The quantitative estimate of drug-likeness (QED) is 0.465. The molecule has 0 heterocycles. The number of carboxylic acids is 1. The first-order valence-electron chi connectivity index (χ1n) is 8.03. The molecule has 130 valence electrons. The standard InChI is InChI=1S/C21H18N2O3/c22-20(23)16-6-4-5-15(11-16)17-9-14(10-18(12-17)21(24)25)13-26-19-7-2-1-3-8-19/h1-12H,13H2,(H3,22,23)(H,24,25). The lowest BCUT2D eigenvalue weighted by Crippen LogP contribution is -2.10. The summed E-state index contributed by atoms with van der Waals surface area (Å²) in [6.45, 7) is 0.254. The Balaban J connectivity index is 1.95. The normalized spacial score (nSPS) is 10.3. The lowest BCUT2D eigenvalue weighted by Gasteiger charge is -2.11. The van der Waals surface area contributed by atoms with Crippen molar-refractivity contribution in [2.75, 3.05) is 0 Å². The molecule has 0 radical (unpaired) electrons. The van der Waals surface area contributed by atoms with Gasteiger partial charge in [0.1, 0.15) is 18.2 Å². The fourth-order valence-corrected chi connectivity index (χ4v) is 2.62. The second-order valence-corrected chi connectivity index (χ2v) is 5.82. The number of para-hydroxylation sites is 1. The highest BCUT2D eigenvalue weighted by molar-refractivity contribution is 5.96.